The van der Waals surface area contributed by atoms with Crippen molar-refractivity contribution in [1.82, 2.24) is 19.6 Å². The first kappa shape index (κ1) is 22.4. The summed E-state index contributed by atoms with van der Waals surface area (Å²) in [6.45, 7) is 3.23. The van der Waals surface area contributed by atoms with Crippen molar-refractivity contribution in [3.63, 3.8) is 0 Å². The molecule has 9 heteroatoms. The van der Waals surface area contributed by atoms with Gasteiger partial charge in [0.05, 0.1) is 54.3 Å². The molecule has 0 atom stereocenters. The molecule has 0 N–H and O–H groups in total. The number of ether oxygens (including phenoxy) is 2. The smallest absolute Gasteiger partial charge is 0.307 e. The molecule has 176 valence electrons. The Labute approximate surface area is 201 Å². The minimum Gasteiger partial charge on any atom is -0.492 e. The molecule has 34 heavy (non-hydrogen) atoms. The highest BCUT2D eigenvalue weighted by atomic mass is 35.5. The maximum Gasteiger partial charge on any atom is 0.307 e. The van der Waals surface area contributed by atoms with Gasteiger partial charge in [0.15, 0.2) is 0 Å². The van der Waals surface area contributed by atoms with Crippen molar-refractivity contribution in [2.75, 3.05) is 13.2 Å². The van der Waals surface area contributed by atoms with Crippen LogP contribution < -0.4 is 10.3 Å². The van der Waals surface area contributed by atoms with E-state index in [1.54, 1.807) is 23.7 Å². The molecule has 5 rings (SSSR count). The molecule has 0 unspecified atom stereocenters. The lowest BCUT2D eigenvalue weighted by Crippen LogP contribution is -2.26. The zero-order valence-electron chi connectivity index (χ0n) is 18.9. The fourth-order valence-electron chi connectivity index (χ4n) is 3.92. The average Bonchev–Trinajstić information content (AvgIpc) is 3.58. The third kappa shape index (κ3) is 4.77. The Morgan fingerprint density at radius 1 is 1.18 bits per heavy atom. The van der Waals surface area contributed by atoms with E-state index in [1.807, 2.05) is 30.5 Å². The molecular formula is C25H25ClN4O4. The lowest BCUT2D eigenvalue weighted by atomic mass is 10.1. The summed E-state index contributed by atoms with van der Waals surface area (Å²) < 4.78 is 14.0. The summed E-state index contributed by atoms with van der Waals surface area (Å²) in [6.07, 6.45) is 4.41. The molecule has 0 amide bonds. The molecule has 0 aliphatic heterocycles. The van der Waals surface area contributed by atoms with E-state index in [4.69, 9.17) is 21.1 Å². The van der Waals surface area contributed by atoms with Crippen LogP contribution in [0.3, 0.4) is 0 Å². The normalized spacial score (nSPS) is 13.5. The summed E-state index contributed by atoms with van der Waals surface area (Å²) in [5.74, 6) is 0.936. The van der Waals surface area contributed by atoms with Crippen molar-refractivity contribution in [2.24, 2.45) is 5.92 Å². The Morgan fingerprint density at radius 3 is 2.74 bits per heavy atom. The second-order valence-corrected chi connectivity index (χ2v) is 8.91. The van der Waals surface area contributed by atoms with Gasteiger partial charge < -0.3 is 9.47 Å². The van der Waals surface area contributed by atoms with Gasteiger partial charge in [-0.2, -0.15) is 10.2 Å². The standard InChI is InChI=1S/C25H25ClN4O4/c1-2-33-24(31)9-10-30-25(32)19-6-4-3-5-18(19)22(28-30)14-29-13-17-11-23(34-15-16-7-8-16)20(26)12-21(17)27-29/h3-6,11-13,16H,2,7-10,14-15H2,1H3. The number of rotatable bonds is 9. The van der Waals surface area contributed by atoms with E-state index in [-0.39, 0.29) is 24.5 Å². The van der Waals surface area contributed by atoms with Crippen molar-refractivity contribution in [1.29, 1.82) is 0 Å². The largest absolute Gasteiger partial charge is 0.492 e. The van der Waals surface area contributed by atoms with E-state index in [0.717, 1.165) is 16.3 Å². The summed E-state index contributed by atoms with van der Waals surface area (Å²) in [7, 11) is 0. The van der Waals surface area contributed by atoms with Gasteiger partial charge in [0, 0.05) is 17.0 Å². The summed E-state index contributed by atoms with van der Waals surface area (Å²) in [6, 6.07) is 11.1. The Morgan fingerprint density at radius 2 is 1.97 bits per heavy atom. The van der Waals surface area contributed by atoms with Gasteiger partial charge in [-0.25, -0.2) is 4.68 Å². The lowest BCUT2D eigenvalue weighted by molar-refractivity contribution is -0.143. The minimum atomic E-state index is -0.360. The number of aromatic nitrogens is 4. The summed E-state index contributed by atoms with van der Waals surface area (Å²) in [4.78, 5) is 24.7. The SMILES string of the molecule is CCOC(=O)CCn1nc(Cn2cc3cc(OCC4CC4)c(Cl)cc3n2)c2ccccc2c1=O. The maximum atomic E-state index is 12.9. The molecule has 0 bridgehead atoms. The van der Waals surface area contributed by atoms with Crippen molar-refractivity contribution in [3.05, 3.63) is 63.7 Å². The van der Waals surface area contributed by atoms with Gasteiger partial charge in [-0.15, -0.1) is 0 Å². The zero-order valence-corrected chi connectivity index (χ0v) is 19.6. The fourth-order valence-corrected chi connectivity index (χ4v) is 4.13. The molecule has 0 spiro atoms. The van der Waals surface area contributed by atoms with Crippen LogP contribution in [0.5, 0.6) is 5.75 Å². The van der Waals surface area contributed by atoms with Crippen LogP contribution in [0, 0.1) is 5.92 Å². The van der Waals surface area contributed by atoms with E-state index in [2.05, 4.69) is 10.2 Å². The number of nitrogens with zero attached hydrogens (tertiary/aromatic N) is 4. The summed E-state index contributed by atoms with van der Waals surface area (Å²) >= 11 is 6.41. The van der Waals surface area contributed by atoms with Crippen LogP contribution in [0.2, 0.25) is 5.02 Å². The molecule has 0 radical (unpaired) electrons. The number of benzene rings is 2. The highest BCUT2D eigenvalue weighted by Gasteiger charge is 2.22. The van der Waals surface area contributed by atoms with Crippen LogP contribution >= 0.6 is 11.6 Å². The van der Waals surface area contributed by atoms with Gasteiger partial charge in [-0.1, -0.05) is 29.8 Å². The predicted molar refractivity (Wildman–Crippen MR) is 129 cm³/mol. The summed E-state index contributed by atoms with van der Waals surface area (Å²) in [5.41, 5.74) is 1.20. The molecule has 1 fully saturated rings. The van der Waals surface area contributed by atoms with Crippen molar-refractivity contribution >= 4 is 39.2 Å². The fraction of sp³-hybridized carbons (Fsp3) is 0.360. The quantitative estimate of drug-likeness (QED) is 0.334. The first-order valence-electron chi connectivity index (χ1n) is 11.5. The third-order valence-electron chi connectivity index (χ3n) is 5.87. The van der Waals surface area contributed by atoms with Gasteiger partial charge in [-0.05, 0) is 43.9 Å². The number of halogens is 1. The second kappa shape index (κ2) is 9.46. The molecule has 8 nitrogen and oxygen atoms in total. The van der Waals surface area contributed by atoms with Gasteiger partial charge in [0.25, 0.3) is 5.56 Å². The van der Waals surface area contributed by atoms with Crippen LogP contribution in [-0.4, -0.2) is 38.7 Å². The molecule has 4 aromatic rings. The number of carbonyl (C=O) groups excluding carboxylic acids is 1. The van der Waals surface area contributed by atoms with Crippen LogP contribution in [-0.2, 0) is 22.6 Å². The van der Waals surface area contributed by atoms with Crippen molar-refractivity contribution in [2.45, 2.75) is 39.3 Å². The Kier molecular flexibility index (Phi) is 6.24. The number of aryl methyl sites for hydroxylation is 1. The lowest BCUT2D eigenvalue weighted by Gasteiger charge is -2.11. The Bertz CT molecular complexity index is 1420. The van der Waals surface area contributed by atoms with Crippen molar-refractivity contribution in [3.8, 4) is 5.75 Å². The van der Waals surface area contributed by atoms with E-state index in [0.29, 0.717) is 47.5 Å². The number of hydrogen-bond donors (Lipinski definition) is 0. The Hall–Kier alpha value is -3.39. The van der Waals surface area contributed by atoms with Gasteiger partial charge in [-0.3, -0.25) is 14.3 Å². The number of fused-ring (bicyclic) bond motifs is 2. The minimum absolute atomic E-state index is 0.0757. The van der Waals surface area contributed by atoms with Crippen LogP contribution in [0.25, 0.3) is 21.7 Å². The molecular weight excluding hydrogens is 456 g/mol. The van der Waals surface area contributed by atoms with Crippen LogP contribution in [0.4, 0.5) is 0 Å². The van der Waals surface area contributed by atoms with Gasteiger partial charge in [0.2, 0.25) is 0 Å². The predicted octanol–water partition coefficient (Wildman–Crippen LogP) is 4.19. The molecule has 2 heterocycles. The van der Waals surface area contributed by atoms with Crippen molar-refractivity contribution < 1.29 is 14.3 Å². The Balaban J connectivity index is 1.45. The van der Waals surface area contributed by atoms with Gasteiger partial charge in [0.1, 0.15) is 5.75 Å². The first-order chi connectivity index (χ1) is 16.5. The zero-order chi connectivity index (χ0) is 23.7. The van der Waals surface area contributed by atoms with E-state index in [9.17, 15) is 9.59 Å². The van der Waals surface area contributed by atoms with Gasteiger partial charge >= 0.3 is 5.97 Å². The molecule has 2 aromatic heterocycles. The molecule has 2 aromatic carbocycles. The first-order valence-corrected chi connectivity index (χ1v) is 11.8. The molecule has 1 aliphatic carbocycles. The third-order valence-corrected chi connectivity index (χ3v) is 6.16. The number of carbonyl (C=O) groups is 1. The highest BCUT2D eigenvalue weighted by Crippen LogP contribution is 2.33. The monoisotopic (exact) mass is 480 g/mol. The topological polar surface area (TPSA) is 88.2 Å². The molecule has 1 saturated carbocycles. The van der Waals surface area contributed by atoms with Crippen LogP contribution in [0.1, 0.15) is 31.9 Å². The number of esters is 1. The van der Waals surface area contributed by atoms with Crippen LogP contribution in [0.15, 0.2) is 47.4 Å². The number of hydrogen-bond acceptors (Lipinski definition) is 6. The average molecular weight is 481 g/mol. The summed E-state index contributed by atoms with van der Waals surface area (Å²) in [5, 5.41) is 12.0. The van der Waals surface area contributed by atoms with E-state index < -0.39 is 0 Å². The van der Waals surface area contributed by atoms with E-state index in [1.165, 1.54) is 17.5 Å². The maximum absolute atomic E-state index is 12.9. The van der Waals surface area contributed by atoms with E-state index >= 15 is 0 Å². The molecule has 1 aliphatic rings. The highest BCUT2D eigenvalue weighted by molar-refractivity contribution is 6.32. The second-order valence-electron chi connectivity index (χ2n) is 8.50. The molecule has 0 saturated heterocycles.